The summed E-state index contributed by atoms with van der Waals surface area (Å²) in [5, 5.41) is 0. The van der Waals surface area contributed by atoms with Crippen LogP contribution in [0.3, 0.4) is 0 Å². The Balaban J connectivity index is 2.21. The van der Waals surface area contributed by atoms with Gasteiger partial charge in [-0.3, -0.25) is 9.47 Å². The maximum absolute atomic E-state index is 13.0. The smallest absolute Gasteiger partial charge is 0.305 e. The summed E-state index contributed by atoms with van der Waals surface area (Å²) in [6.45, 7) is 3.61. The molecule has 0 spiro atoms. The first kappa shape index (κ1) is 14.2. The van der Waals surface area contributed by atoms with E-state index in [0.717, 1.165) is 32.0 Å². The molecule has 0 saturated carbocycles. The SMILES string of the molecule is CCN1CCCC1n1c(=O)[nH]c2c(C(F)(F)F)cccc21. The Morgan fingerprint density at radius 2 is 2.14 bits per heavy atom. The average Bonchev–Trinajstić information content (AvgIpc) is 2.98. The molecule has 21 heavy (non-hydrogen) atoms. The van der Waals surface area contributed by atoms with Crippen molar-refractivity contribution in [1.29, 1.82) is 0 Å². The minimum absolute atomic E-state index is 0.127. The van der Waals surface area contributed by atoms with Gasteiger partial charge in [0.15, 0.2) is 0 Å². The second-order valence-corrected chi connectivity index (χ2v) is 5.25. The van der Waals surface area contributed by atoms with Gasteiger partial charge >= 0.3 is 11.9 Å². The first-order valence-electron chi connectivity index (χ1n) is 6.98. The number of halogens is 3. The van der Waals surface area contributed by atoms with Crippen molar-refractivity contribution in [2.75, 3.05) is 13.1 Å². The fourth-order valence-corrected chi connectivity index (χ4v) is 3.15. The average molecular weight is 299 g/mol. The van der Waals surface area contributed by atoms with Crippen molar-refractivity contribution < 1.29 is 13.2 Å². The van der Waals surface area contributed by atoms with Crippen molar-refractivity contribution in [3.8, 4) is 0 Å². The predicted octanol–water partition coefficient (Wildman–Crippen LogP) is 2.96. The number of aromatic amines is 1. The number of benzene rings is 1. The van der Waals surface area contributed by atoms with Gasteiger partial charge in [0.2, 0.25) is 0 Å². The highest BCUT2D eigenvalue weighted by atomic mass is 19.4. The van der Waals surface area contributed by atoms with E-state index in [1.165, 1.54) is 10.6 Å². The highest BCUT2D eigenvalue weighted by molar-refractivity contribution is 5.79. The zero-order chi connectivity index (χ0) is 15.2. The van der Waals surface area contributed by atoms with Crippen LogP contribution < -0.4 is 5.69 Å². The molecule has 3 rings (SSSR count). The molecule has 1 aliphatic heterocycles. The van der Waals surface area contributed by atoms with Crippen LogP contribution in [0.15, 0.2) is 23.0 Å². The van der Waals surface area contributed by atoms with E-state index in [1.54, 1.807) is 6.07 Å². The number of alkyl halides is 3. The van der Waals surface area contributed by atoms with Crippen molar-refractivity contribution in [2.24, 2.45) is 0 Å². The number of aromatic nitrogens is 2. The first-order valence-corrected chi connectivity index (χ1v) is 6.98. The molecule has 1 aromatic carbocycles. The van der Waals surface area contributed by atoms with Gasteiger partial charge in [-0.15, -0.1) is 0 Å². The van der Waals surface area contributed by atoms with Gasteiger partial charge in [-0.2, -0.15) is 13.2 Å². The Morgan fingerprint density at radius 1 is 1.38 bits per heavy atom. The van der Waals surface area contributed by atoms with E-state index in [9.17, 15) is 18.0 Å². The van der Waals surface area contributed by atoms with Crippen LogP contribution in [0.5, 0.6) is 0 Å². The number of rotatable bonds is 2. The Kier molecular flexibility index (Phi) is 3.32. The topological polar surface area (TPSA) is 41.0 Å². The minimum atomic E-state index is -4.48. The molecular formula is C14H16F3N3O. The van der Waals surface area contributed by atoms with Crippen LogP contribution in [-0.4, -0.2) is 27.5 Å². The molecule has 0 aliphatic carbocycles. The fourth-order valence-electron chi connectivity index (χ4n) is 3.15. The third-order valence-electron chi connectivity index (χ3n) is 4.09. The van der Waals surface area contributed by atoms with Gasteiger partial charge < -0.3 is 4.98 Å². The summed E-state index contributed by atoms with van der Waals surface area (Å²) in [7, 11) is 0. The Bertz CT molecular complexity index is 716. The predicted molar refractivity (Wildman–Crippen MR) is 73.1 cm³/mol. The van der Waals surface area contributed by atoms with Crippen LogP contribution in [0.4, 0.5) is 13.2 Å². The van der Waals surface area contributed by atoms with Crippen LogP contribution in [0.2, 0.25) is 0 Å². The highest BCUT2D eigenvalue weighted by Gasteiger charge is 2.35. The van der Waals surface area contributed by atoms with Gasteiger partial charge in [0, 0.05) is 6.54 Å². The van der Waals surface area contributed by atoms with Gasteiger partial charge in [-0.25, -0.2) is 4.79 Å². The summed E-state index contributed by atoms with van der Waals surface area (Å²) in [4.78, 5) is 16.7. The molecule has 1 N–H and O–H groups in total. The molecule has 1 unspecified atom stereocenters. The Hall–Kier alpha value is -1.76. The number of hydrogen-bond acceptors (Lipinski definition) is 2. The summed E-state index contributed by atoms with van der Waals surface area (Å²) >= 11 is 0. The van der Waals surface area contributed by atoms with E-state index in [0.29, 0.717) is 5.52 Å². The van der Waals surface area contributed by atoms with Gasteiger partial charge in [-0.1, -0.05) is 13.0 Å². The Morgan fingerprint density at radius 3 is 2.81 bits per heavy atom. The molecule has 7 heteroatoms. The quantitative estimate of drug-likeness (QED) is 0.926. The molecule has 1 fully saturated rings. The lowest BCUT2D eigenvalue weighted by molar-refractivity contribution is -0.136. The molecule has 0 bridgehead atoms. The number of likely N-dealkylation sites (tertiary alicyclic amines) is 1. The number of fused-ring (bicyclic) bond motifs is 1. The monoisotopic (exact) mass is 299 g/mol. The van der Waals surface area contributed by atoms with Crippen LogP contribution in [0, 0.1) is 0 Å². The molecule has 0 radical (unpaired) electrons. The molecule has 1 aromatic heterocycles. The summed E-state index contributed by atoms with van der Waals surface area (Å²) in [5.41, 5.74) is -1.08. The molecular weight excluding hydrogens is 283 g/mol. The molecule has 114 valence electrons. The normalized spacial score (nSPS) is 20.5. The van der Waals surface area contributed by atoms with Gasteiger partial charge in [0.25, 0.3) is 0 Å². The molecule has 1 saturated heterocycles. The number of para-hydroxylation sites is 1. The number of nitrogens with one attached hydrogen (secondary N) is 1. The van der Waals surface area contributed by atoms with Crippen molar-refractivity contribution in [1.82, 2.24) is 14.5 Å². The van der Waals surface area contributed by atoms with Crippen molar-refractivity contribution in [3.05, 3.63) is 34.2 Å². The second kappa shape index (κ2) is 4.91. The van der Waals surface area contributed by atoms with Crippen molar-refractivity contribution >= 4 is 11.0 Å². The van der Waals surface area contributed by atoms with Crippen LogP contribution in [-0.2, 0) is 6.18 Å². The van der Waals surface area contributed by atoms with Gasteiger partial charge in [0.1, 0.15) is 0 Å². The van der Waals surface area contributed by atoms with E-state index < -0.39 is 17.4 Å². The third kappa shape index (κ3) is 2.25. The fraction of sp³-hybridized carbons (Fsp3) is 0.500. The van der Waals surface area contributed by atoms with E-state index in [2.05, 4.69) is 9.88 Å². The zero-order valence-corrected chi connectivity index (χ0v) is 11.6. The van der Waals surface area contributed by atoms with E-state index >= 15 is 0 Å². The number of nitrogens with zero attached hydrogens (tertiary/aromatic N) is 2. The molecule has 2 aromatic rings. The highest BCUT2D eigenvalue weighted by Crippen LogP contribution is 2.35. The number of H-pyrrole nitrogens is 1. The number of hydrogen-bond donors (Lipinski definition) is 1. The van der Waals surface area contributed by atoms with E-state index in [-0.39, 0.29) is 11.7 Å². The van der Waals surface area contributed by atoms with Crippen molar-refractivity contribution in [3.63, 3.8) is 0 Å². The maximum atomic E-state index is 13.0. The molecule has 0 amide bonds. The molecule has 2 heterocycles. The van der Waals surface area contributed by atoms with Gasteiger partial charge in [-0.05, 0) is 31.5 Å². The van der Waals surface area contributed by atoms with Crippen LogP contribution in [0.1, 0.15) is 31.5 Å². The standard InChI is InChI=1S/C14H16F3N3O/c1-2-19-8-4-7-11(19)20-10-6-3-5-9(14(15,16)17)12(10)18-13(20)21/h3,5-6,11H,2,4,7-8H2,1H3,(H,18,21). The number of imidazole rings is 1. The first-order chi connectivity index (χ1) is 9.93. The van der Waals surface area contributed by atoms with E-state index in [4.69, 9.17) is 0 Å². The summed E-state index contributed by atoms with van der Waals surface area (Å²) < 4.78 is 40.6. The second-order valence-electron chi connectivity index (χ2n) is 5.25. The summed E-state index contributed by atoms with van der Waals surface area (Å²) in [6.07, 6.45) is -2.93. The zero-order valence-electron chi connectivity index (χ0n) is 11.6. The minimum Gasteiger partial charge on any atom is -0.305 e. The largest absolute Gasteiger partial charge is 0.418 e. The molecule has 1 aliphatic rings. The molecule has 4 nitrogen and oxygen atoms in total. The van der Waals surface area contributed by atoms with Crippen molar-refractivity contribution in [2.45, 2.75) is 32.1 Å². The van der Waals surface area contributed by atoms with Crippen LogP contribution >= 0.6 is 0 Å². The van der Waals surface area contributed by atoms with Gasteiger partial charge in [0.05, 0.1) is 22.8 Å². The maximum Gasteiger partial charge on any atom is 0.418 e. The Labute approximate surface area is 119 Å². The summed E-state index contributed by atoms with van der Waals surface area (Å²) in [5.74, 6) is 0. The van der Waals surface area contributed by atoms with Crippen LogP contribution in [0.25, 0.3) is 11.0 Å². The lowest BCUT2D eigenvalue weighted by Gasteiger charge is -2.23. The molecule has 1 atom stereocenters. The third-order valence-corrected chi connectivity index (χ3v) is 4.09. The lowest BCUT2D eigenvalue weighted by Crippen LogP contribution is -2.32. The van der Waals surface area contributed by atoms with E-state index in [1.807, 2.05) is 6.92 Å². The summed E-state index contributed by atoms with van der Waals surface area (Å²) in [6, 6.07) is 3.91. The lowest BCUT2D eigenvalue weighted by atomic mass is 10.1.